The summed E-state index contributed by atoms with van der Waals surface area (Å²) in [6.45, 7) is 5.41. The van der Waals surface area contributed by atoms with Gasteiger partial charge in [-0.2, -0.15) is 0 Å². The predicted molar refractivity (Wildman–Crippen MR) is 102 cm³/mol. The van der Waals surface area contributed by atoms with Crippen molar-refractivity contribution in [2.45, 2.75) is 38.8 Å². The second kappa shape index (κ2) is 8.30. The molecule has 2 rings (SSSR count). The number of hydrogen-bond donors (Lipinski definition) is 1. The van der Waals surface area contributed by atoms with Gasteiger partial charge in [0.15, 0.2) is 5.78 Å². The fourth-order valence-electron chi connectivity index (χ4n) is 2.32. The monoisotopic (exact) mass is 403 g/mol. The van der Waals surface area contributed by atoms with Crippen LogP contribution in [-0.2, 0) is 4.74 Å². The molecule has 0 spiro atoms. The maximum Gasteiger partial charge on any atom is 0.408 e. The Hall–Kier alpha value is -2.14. The van der Waals surface area contributed by atoms with E-state index in [4.69, 9.17) is 4.74 Å². The van der Waals surface area contributed by atoms with E-state index in [0.717, 1.165) is 10.0 Å². The molecule has 1 amide bonds. The van der Waals surface area contributed by atoms with Gasteiger partial charge in [-0.3, -0.25) is 4.79 Å². The van der Waals surface area contributed by atoms with Gasteiger partial charge in [-0.15, -0.1) is 0 Å². The van der Waals surface area contributed by atoms with Crippen LogP contribution >= 0.6 is 15.9 Å². The highest BCUT2D eigenvalue weighted by Crippen LogP contribution is 2.22. The van der Waals surface area contributed by atoms with Gasteiger partial charge in [0, 0.05) is 16.5 Å². The molecule has 0 saturated heterocycles. The summed E-state index contributed by atoms with van der Waals surface area (Å²) in [6.07, 6.45) is -0.383. The fraction of sp³-hybridized carbons (Fsp3) is 0.300. The molecule has 25 heavy (non-hydrogen) atoms. The highest BCUT2D eigenvalue weighted by atomic mass is 79.9. The molecule has 0 heterocycles. The van der Waals surface area contributed by atoms with Gasteiger partial charge in [-0.1, -0.05) is 58.4 Å². The largest absolute Gasteiger partial charge is 0.444 e. The molecule has 0 aliphatic heterocycles. The Bertz CT molecular complexity index is 721. The molecule has 5 heteroatoms. The van der Waals surface area contributed by atoms with Gasteiger partial charge in [0.2, 0.25) is 0 Å². The van der Waals surface area contributed by atoms with Crippen molar-refractivity contribution in [1.29, 1.82) is 0 Å². The number of amides is 1. The number of alkyl carbamates (subject to hydrolysis) is 1. The molecular weight excluding hydrogens is 382 g/mol. The third-order valence-electron chi connectivity index (χ3n) is 3.45. The zero-order valence-electron chi connectivity index (χ0n) is 14.6. The zero-order chi connectivity index (χ0) is 18.4. The van der Waals surface area contributed by atoms with Crippen molar-refractivity contribution in [2.75, 3.05) is 0 Å². The molecule has 1 N–H and O–H groups in total. The standard InChI is InChI=1S/C20H22BrNO3/c1-20(2,3)25-19(24)22-17(14-9-11-16(21)12-10-14)13-18(23)15-7-5-4-6-8-15/h4-12,17H,13H2,1-3H3,(H,22,24). The van der Waals surface area contributed by atoms with Crippen molar-refractivity contribution < 1.29 is 14.3 Å². The number of nitrogens with one attached hydrogen (secondary N) is 1. The van der Waals surface area contributed by atoms with Crippen LogP contribution in [0.1, 0.15) is 49.2 Å². The molecule has 0 radical (unpaired) electrons. The first-order valence-corrected chi connectivity index (χ1v) is 8.87. The lowest BCUT2D eigenvalue weighted by atomic mass is 9.98. The van der Waals surface area contributed by atoms with Crippen LogP contribution in [0.5, 0.6) is 0 Å². The van der Waals surface area contributed by atoms with E-state index in [9.17, 15) is 9.59 Å². The second-order valence-corrected chi connectivity index (χ2v) is 7.66. The topological polar surface area (TPSA) is 55.4 Å². The van der Waals surface area contributed by atoms with Crippen LogP contribution in [0.25, 0.3) is 0 Å². The molecule has 0 aliphatic rings. The number of ether oxygens (including phenoxy) is 1. The summed E-state index contributed by atoms with van der Waals surface area (Å²) in [6, 6.07) is 16.1. The molecule has 1 unspecified atom stereocenters. The van der Waals surface area contributed by atoms with Gasteiger partial charge in [-0.25, -0.2) is 4.79 Å². The van der Waals surface area contributed by atoms with Gasteiger partial charge in [0.1, 0.15) is 5.60 Å². The number of ketones is 1. The predicted octanol–water partition coefficient (Wildman–Crippen LogP) is 5.29. The Morgan fingerprint density at radius 1 is 1.04 bits per heavy atom. The van der Waals surface area contributed by atoms with Gasteiger partial charge in [0.05, 0.1) is 6.04 Å². The summed E-state index contributed by atoms with van der Waals surface area (Å²) in [5.74, 6) is -0.0374. The fourth-order valence-corrected chi connectivity index (χ4v) is 2.59. The van der Waals surface area contributed by atoms with Crippen molar-refractivity contribution in [1.82, 2.24) is 5.32 Å². The molecular formula is C20H22BrNO3. The molecule has 0 saturated carbocycles. The maximum absolute atomic E-state index is 12.6. The van der Waals surface area contributed by atoms with Gasteiger partial charge >= 0.3 is 6.09 Å². The van der Waals surface area contributed by atoms with Crippen molar-refractivity contribution in [3.63, 3.8) is 0 Å². The van der Waals surface area contributed by atoms with E-state index in [1.807, 2.05) is 42.5 Å². The lowest BCUT2D eigenvalue weighted by molar-refractivity contribution is 0.0501. The Labute approximate surface area is 156 Å². The SMILES string of the molecule is CC(C)(C)OC(=O)NC(CC(=O)c1ccccc1)c1ccc(Br)cc1. The molecule has 2 aromatic carbocycles. The second-order valence-electron chi connectivity index (χ2n) is 6.74. The van der Waals surface area contributed by atoms with Crippen LogP contribution in [-0.4, -0.2) is 17.5 Å². The van der Waals surface area contributed by atoms with Gasteiger partial charge in [-0.05, 0) is 38.5 Å². The lowest BCUT2D eigenvalue weighted by Crippen LogP contribution is -2.35. The minimum Gasteiger partial charge on any atom is -0.444 e. The maximum atomic E-state index is 12.6. The number of Topliss-reactive ketones (excluding diaryl/α,β-unsaturated/α-hetero) is 1. The van der Waals surface area contributed by atoms with Crippen molar-refractivity contribution in [2.24, 2.45) is 0 Å². The first kappa shape index (κ1) is 19.2. The van der Waals surface area contributed by atoms with Crippen LogP contribution in [0.15, 0.2) is 59.1 Å². The van der Waals surface area contributed by atoms with Crippen molar-refractivity contribution in [3.8, 4) is 0 Å². The highest BCUT2D eigenvalue weighted by Gasteiger charge is 2.23. The summed E-state index contributed by atoms with van der Waals surface area (Å²) in [5, 5.41) is 2.81. The average Bonchev–Trinajstić information content (AvgIpc) is 2.54. The Morgan fingerprint density at radius 2 is 1.64 bits per heavy atom. The zero-order valence-corrected chi connectivity index (χ0v) is 16.2. The number of rotatable bonds is 5. The Morgan fingerprint density at radius 3 is 2.20 bits per heavy atom. The van der Waals surface area contributed by atoms with E-state index in [2.05, 4.69) is 21.2 Å². The molecule has 0 aliphatic carbocycles. The minimum absolute atomic E-state index is 0.0374. The van der Waals surface area contributed by atoms with Crippen molar-refractivity contribution in [3.05, 3.63) is 70.2 Å². The van der Waals surface area contributed by atoms with Crippen LogP contribution in [0.2, 0.25) is 0 Å². The number of carbonyl (C=O) groups is 2. The summed E-state index contributed by atoms with van der Waals surface area (Å²) >= 11 is 3.39. The quantitative estimate of drug-likeness (QED) is 0.690. The molecule has 132 valence electrons. The molecule has 4 nitrogen and oxygen atoms in total. The van der Waals surface area contributed by atoms with Gasteiger partial charge < -0.3 is 10.1 Å². The molecule has 2 aromatic rings. The summed E-state index contributed by atoms with van der Waals surface area (Å²) in [5.41, 5.74) is 0.867. The summed E-state index contributed by atoms with van der Waals surface area (Å²) in [7, 11) is 0. The van der Waals surface area contributed by atoms with E-state index in [1.54, 1.807) is 32.9 Å². The minimum atomic E-state index is -0.599. The van der Waals surface area contributed by atoms with Crippen LogP contribution < -0.4 is 5.32 Å². The van der Waals surface area contributed by atoms with Crippen LogP contribution in [0.4, 0.5) is 4.79 Å². The lowest BCUT2D eigenvalue weighted by Gasteiger charge is -2.24. The summed E-state index contributed by atoms with van der Waals surface area (Å²) < 4.78 is 6.26. The number of halogens is 1. The normalized spacial score (nSPS) is 12.3. The third-order valence-corrected chi connectivity index (χ3v) is 3.98. The van der Waals surface area contributed by atoms with Crippen molar-refractivity contribution >= 4 is 27.8 Å². The Kier molecular flexibility index (Phi) is 6.37. The molecule has 0 fully saturated rings. The first-order chi connectivity index (χ1) is 11.7. The molecule has 1 atom stereocenters. The van der Waals surface area contributed by atoms with E-state index in [-0.39, 0.29) is 12.2 Å². The summed E-state index contributed by atoms with van der Waals surface area (Å²) in [4.78, 5) is 24.7. The third kappa shape index (κ3) is 6.35. The van der Waals surface area contributed by atoms with Crippen LogP contribution in [0, 0.1) is 0 Å². The van der Waals surface area contributed by atoms with E-state index >= 15 is 0 Å². The van der Waals surface area contributed by atoms with Gasteiger partial charge in [0.25, 0.3) is 0 Å². The molecule has 0 bridgehead atoms. The van der Waals surface area contributed by atoms with E-state index < -0.39 is 17.7 Å². The number of hydrogen-bond acceptors (Lipinski definition) is 3. The molecule has 0 aromatic heterocycles. The van der Waals surface area contributed by atoms with E-state index in [0.29, 0.717) is 5.56 Å². The highest BCUT2D eigenvalue weighted by molar-refractivity contribution is 9.10. The smallest absolute Gasteiger partial charge is 0.408 e. The van der Waals surface area contributed by atoms with Crippen LogP contribution in [0.3, 0.4) is 0 Å². The first-order valence-electron chi connectivity index (χ1n) is 8.08. The number of carbonyl (C=O) groups excluding carboxylic acids is 2. The average molecular weight is 404 g/mol. The number of benzene rings is 2. The Balaban J connectivity index is 2.18. The van der Waals surface area contributed by atoms with E-state index in [1.165, 1.54) is 0 Å².